The summed E-state index contributed by atoms with van der Waals surface area (Å²) in [5.74, 6) is 1.60. The van der Waals surface area contributed by atoms with Crippen LogP contribution in [0.3, 0.4) is 0 Å². The van der Waals surface area contributed by atoms with E-state index in [0.29, 0.717) is 23.9 Å². The smallest absolute Gasteiger partial charge is 0.272 e. The minimum Gasteiger partial charge on any atom is -0.472 e. The lowest BCUT2D eigenvalue weighted by Crippen LogP contribution is -2.10. The Morgan fingerprint density at radius 2 is 2.00 bits per heavy atom. The Labute approximate surface area is 127 Å². The summed E-state index contributed by atoms with van der Waals surface area (Å²) in [6.45, 7) is 3.62. The fourth-order valence-electron chi connectivity index (χ4n) is 1.87. The lowest BCUT2D eigenvalue weighted by molar-refractivity contribution is 0.0795. The maximum Gasteiger partial charge on any atom is 0.272 e. The average Bonchev–Trinajstić information content (AvgIpc) is 2.51. The first-order valence-corrected chi connectivity index (χ1v) is 7.02. The topological polar surface area (TPSA) is 59.9 Å². The van der Waals surface area contributed by atoms with Crippen molar-refractivity contribution < 1.29 is 13.5 Å². The van der Waals surface area contributed by atoms with Crippen LogP contribution in [-0.2, 0) is 13.0 Å². The first-order chi connectivity index (χ1) is 10.6. The van der Waals surface area contributed by atoms with Gasteiger partial charge in [0.25, 0.3) is 6.43 Å². The third kappa shape index (κ3) is 4.91. The molecular weight excluding hydrogens is 290 g/mol. The standard InChI is InChI=1S/C15H18F2N4O/c1-3-11-7-14(20-10(2)19-11)18-8-12-5-4-6-15(21-12)22-9-13(16)17/h4-7,13H,3,8-9H2,1-2H3,(H,18,19,20). The Morgan fingerprint density at radius 1 is 1.18 bits per heavy atom. The predicted octanol–water partition coefficient (Wildman–Crippen LogP) is 3.00. The van der Waals surface area contributed by atoms with Crippen LogP contribution in [0.4, 0.5) is 14.6 Å². The Hall–Kier alpha value is -2.31. The molecule has 0 spiro atoms. The molecule has 0 saturated carbocycles. The normalized spacial score (nSPS) is 10.8. The van der Waals surface area contributed by atoms with Crippen molar-refractivity contribution in [2.45, 2.75) is 33.2 Å². The number of rotatable bonds is 7. The molecule has 0 aliphatic heterocycles. The van der Waals surface area contributed by atoms with Crippen LogP contribution in [0.15, 0.2) is 24.3 Å². The molecule has 2 rings (SSSR count). The summed E-state index contributed by atoms with van der Waals surface area (Å²) in [4.78, 5) is 12.8. The predicted molar refractivity (Wildman–Crippen MR) is 79.2 cm³/mol. The van der Waals surface area contributed by atoms with Gasteiger partial charge in [0.15, 0.2) is 6.61 Å². The molecule has 0 unspecified atom stereocenters. The van der Waals surface area contributed by atoms with E-state index in [1.54, 1.807) is 18.2 Å². The van der Waals surface area contributed by atoms with E-state index in [4.69, 9.17) is 4.74 Å². The van der Waals surface area contributed by atoms with Crippen molar-refractivity contribution in [1.82, 2.24) is 15.0 Å². The number of anilines is 1. The van der Waals surface area contributed by atoms with Crippen LogP contribution in [0, 0.1) is 6.92 Å². The molecular formula is C15H18F2N4O. The number of hydrogen-bond acceptors (Lipinski definition) is 5. The van der Waals surface area contributed by atoms with Crippen LogP contribution >= 0.6 is 0 Å². The molecule has 0 saturated heterocycles. The molecule has 22 heavy (non-hydrogen) atoms. The van der Waals surface area contributed by atoms with Crippen LogP contribution in [0.1, 0.15) is 24.1 Å². The summed E-state index contributed by atoms with van der Waals surface area (Å²) < 4.78 is 29.1. The molecule has 2 aromatic rings. The summed E-state index contributed by atoms with van der Waals surface area (Å²) in [7, 11) is 0. The lowest BCUT2D eigenvalue weighted by atomic mass is 10.3. The molecule has 118 valence electrons. The van der Waals surface area contributed by atoms with E-state index in [1.807, 2.05) is 19.9 Å². The van der Waals surface area contributed by atoms with Gasteiger partial charge in [-0.15, -0.1) is 0 Å². The van der Waals surface area contributed by atoms with Crippen molar-refractivity contribution in [3.05, 3.63) is 41.5 Å². The van der Waals surface area contributed by atoms with Crippen molar-refractivity contribution in [2.24, 2.45) is 0 Å². The quantitative estimate of drug-likeness (QED) is 0.852. The van der Waals surface area contributed by atoms with E-state index < -0.39 is 13.0 Å². The van der Waals surface area contributed by atoms with E-state index in [9.17, 15) is 8.78 Å². The maximum atomic E-state index is 12.1. The second kappa shape index (κ2) is 7.63. The van der Waals surface area contributed by atoms with Crippen molar-refractivity contribution in [2.75, 3.05) is 11.9 Å². The third-order valence-electron chi connectivity index (χ3n) is 2.84. The highest BCUT2D eigenvalue weighted by Gasteiger charge is 2.06. The number of hydrogen-bond donors (Lipinski definition) is 1. The minimum absolute atomic E-state index is 0.188. The molecule has 0 atom stereocenters. The number of halogens is 2. The van der Waals surface area contributed by atoms with Gasteiger partial charge in [0.1, 0.15) is 11.6 Å². The second-order valence-electron chi connectivity index (χ2n) is 4.67. The van der Waals surface area contributed by atoms with Gasteiger partial charge in [-0.1, -0.05) is 13.0 Å². The number of ether oxygens (including phenoxy) is 1. The molecule has 2 aromatic heterocycles. The van der Waals surface area contributed by atoms with Crippen LogP contribution < -0.4 is 10.1 Å². The molecule has 0 amide bonds. The maximum absolute atomic E-state index is 12.1. The van der Waals surface area contributed by atoms with Gasteiger partial charge in [-0.25, -0.2) is 23.7 Å². The van der Waals surface area contributed by atoms with E-state index in [-0.39, 0.29) is 5.88 Å². The molecule has 0 aliphatic carbocycles. The Kier molecular flexibility index (Phi) is 5.57. The van der Waals surface area contributed by atoms with E-state index in [1.165, 1.54) is 0 Å². The number of pyridine rings is 1. The minimum atomic E-state index is -2.51. The van der Waals surface area contributed by atoms with Gasteiger partial charge in [0.2, 0.25) is 5.88 Å². The van der Waals surface area contributed by atoms with Crippen LogP contribution in [-0.4, -0.2) is 28.0 Å². The molecule has 0 fully saturated rings. The average molecular weight is 308 g/mol. The Bertz CT molecular complexity index is 622. The zero-order valence-corrected chi connectivity index (χ0v) is 12.5. The first-order valence-electron chi connectivity index (χ1n) is 7.02. The monoisotopic (exact) mass is 308 g/mol. The largest absolute Gasteiger partial charge is 0.472 e. The zero-order valence-electron chi connectivity index (χ0n) is 12.5. The zero-order chi connectivity index (χ0) is 15.9. The fourth-order valence-corrected chi connectivity index (χ4v) is 1.87. The molecule has 0 radical (unpaired) electrons. The van der Waals surface area contributed by atoms with Gasteiger partial charge < -0.3 is 10.1 Å². The number of alkyl halides is 2. The number of aromatic nitrogens is 3. The summed E-state index contributed by atoms with van der Waals surface area (Å²) in [6.07, 6.45) is -1.69. The van der Waals surface area contributed by atoms with Gasteiger partial charge in [0.05, 0.1) is 12.2 Å². The van der Waals surface area contributed by atoms with Crippen molar-refractivity contribution in [3.8, 4) is 5.88 Å². The highest BCUT2D eigenvalue weighted by Crippen LogP contribution is 2.12. The highest BCUT2D eigenvalue weighted by molar-refractivity contribution is 5.36. The number of nitrogens with zero attached hydrogens (tertiary/aromatic N) is 3. The lowest BCUT2D eigenvalue weighted by Gasteiger charge is -2.09. The van der Waals surface area contributed by atoms with Crippen molar-refractivity contribution in [1.29, 1.82) is 0 Å². The number of nitrogens with one attached hydrogen (secondary N) is 1. The molecule has 0 aromatic carbocycles. The molecule has 0 aliphatic rings. The molecule has 2 heterocycles. The van der Waals surface area contributed by atoms with Gasteiger partial charge >= 0.3 is 0 Å². The summed E-state index contributed by atoms with van der Waals surface area (Å²) in [6, 6.07) is 6.94. The Balaban J connectivity index is 1.99. The number of aryl methyl sites for hydroxylation is 2. The molecule has 7 heteroatoms. The van der Waals surface area contributed by atoms with Crippen LogP contribution in [0.5, 0.6) is 5.88 Å². The van der Waals surface area contributed by atoms with Crippen molar-refractivity contribution in [3.63, 3.8) is 0 Å². The van der Waals surface area contributed by atoms with E-state index >= 15 is 0 Å². The van der Waals surface area contributed by atoms with E-state index in [0.717, 1.165) is 12.1 Å². The fraction of sp³-hybridized carbons (Fsp3) is 0.400. The van der Waals surface area contributed by atoms with Gasteiger partial charge in [-0.3, -0.25) is 0 Å². The molecule has 1 N–H and O–H groups in total. The molecule has 0 bridgehead atoms. The summed E-state index contributed by atoms with van der Waals surface area (Å²) in [5.41, 5.74) is 1.64. The SMILES string of the molecule is CCc1cc(NCc2cccc(OCC(F)F)n2)nc(C)n1. The molecule has 5 nitrogen and oxygen atoms in total. The second-order valence-corrected chi connectivity index (χ2v) is 4.67. The van der Waals surface area contributed by atoms with Gasteiger partial charge in [0, 0.05) is 17.8 Å². The van der Waals surface area contributed by atoms with Gasteiger partial charge in [-0.05, 0) is 19.4 Å². The van der Waals surface area contributed by atoms with Gasteiger partial charge in [-0.2, -0.15) is 0 Å². The first kappa shape index (κ1) is 16.1. The Morgan fingerprint density at radius 3 is 2.73 bits per heavy atom. The van der Waals surface area contributed by atoms with Crippen LogP contribution in [0.25, 0.3) is 0 Å². The highest BCUT2D eigenvalue weighted by atomic mass is 19.3. The third-order valence-corrected chi connectivity index (χ3v) is 2.84. The van der Waals surface area contributed by atoms with Crippen molar-refractivity contribution >= 4 is 5.82 Å². The van der Waals surface area contributed by atoms with Crippen LogP contribution in [0.2, 0.25) is 0 Å². The van der Waals surface area contributed by atoms with E-state index in [2.05, 4.69) is 20.3 Å². The summed E-state index contributed by atoms with van der Waals surface area (Å²) in [5, 5.41) is 3.15. The summed E-state index contributed by atoms with van der Waals surface area (Å²) >= 11 is 0.